The Morgan fingerprint density at radius 2 is 1.67 bits per heavy atom. The summed E-state index contributed by atoms with van der Waals surface area (Å²) in [5, 5.41) is 25.6. The Balaban J connectivity index is 1.41. The molecule has 1 aromatic heterocycles. The van der Waals surface area contributed by atoms with Crippen LogP contribution >= 0.6 is 0 Å². The Kier molecular flexibility index (Phi) is 4.07. The van der Waals surface area contributed by atoms with Crippen molar-refractivity contribution in [3.05, 3.63) is 65.7 Å². The predicted octanol–water partition coefficient (Wildman–Crippen LogP) is 3.91. The first kappa shape index (κ1) is 18.2. The molecule has 4 saturated carbocycles. The van der Waals surface area contributed by atoms with Crippen LogP contribution in [0.2, 0.25) is 0 Å². The number of nitrogens with one attached hydrogen (secondary N) is 1. The fourth-order valence-electron chi connectivity index (χ4n) is 6.99. The largest absolute Gasteiger partial charge is 0.393 e. The van der Waals surface area contributed by atoms with E-state index >= 15 is 0 Å². The van der Waals surface area contributed by atoms with Gasteiger partial charge in [-0.15, -0.1) is 10.2 Å². The van der Waals surface area contributed by atoms with Crippen molar-refractivity contribution < 1.29 is 9.50 Å². The first-order valence-electron chi connectivity index (χ1n) is 10.9. The molecule has 3 aromatic rings. The number of halogens is 1. The van der Waals surface area contributed by atoms with Gasteiger partial charge < -0.3 is 5.11 Å². The second kappa shape index (κ2) is 6.71. The highest BCUT2D eigenvalue weighted by Crippen LogP contribution is 2.63. The van der Waals surface area contributed by atoms with Gasteiger partial charge in [-0.25, -0.2) is 4.39 Å². The molecule has 4 bridgehead atoms. The zero-order valence-electron chi connectivity index (χ0n) is 16.7. The fourth-order valence-corrected chi connectivity index (χ4v) is 6.99. The maximum atomic E-state index is 13.7. The molecular formula is C24H25FN4O. The number of hydrogen-bond donors (Lipinski definition) is 2. The summed E-state index contributed by atoms with van der Waals surface area (Å²) in [7, 11) is 0. The zero-order valence-corrected chi connectivity index (χ0v) is 16.7. The lowest BCUT2D eigenvalue weighted by molar-refractivity contribution is -0.136. The zero-order chi connectivity index (χ0) is 20.3. The molecule has 0 unspecified atom stereocenters. The average Bonchev–Trinajstić information content (AvgIpc) is 3.25. The molecule has 2 aromatic carbocycles. The molecule has 0 spiro atoms. The van der Waals surface area contributed by atoms with Crippen molar-refractivity contribution in [3.63, 3.8) is 0 Å². The molecular weight excluding hydrogens is 379 g/mol. The van der Waals surface area contributed by atoms with E-state index < -0.39 is 0 Å². The maximum Gasteiger partial charge on any atom is 0.175 e. The summed E-state index contributed by atoms with van der Waals surface area (Å²) in [5.74, 6) is 2.43. The molecule has 4 aliphatic carbocycles. The van der Waals surface area contributed by atoms with Crippen molar-refractivity contribution in [3.8, 4) is 11.1 Å². The number of aliphatic hydroxyl groups is 1. The van der Waals surface area contributed by atoms with Gasteiger partial charge in [-0.1, -0.05) is 41.6 Å². The molecule has 4 fully saturated rings. The molecule has 0 saturated heterocycles. The van der Waals surface area contributed by atoms with E-state index in [1.807, 2.05) is 6.07 Å². The summed E-state index contributed by atoms with van der Waals surface area (Å²) in [6.45, 7) is 0. The van der Waals surface area contributed by atoms with Crippen LogP contribution in [0, 0.1) is 29.5 Å². The minimum atomic E-state index is -0.218. The molecule has 5 nitrogen and oxygen atoms in total. The number of rotatable bonds is 4. The van der Waals surface area contributed by atoms with Crippen molar-refractivity contribution in [1.29, 1.82) is 0 Å². The third-order valence-corrected chi connectivity index (χ3v) is 8.19. The quantitative estimate of drug-likeness (QED) is 0.691. The van der Waals surface area contributed by atoms with E-state index in [4.69, 9.17) is 0 Å². The molecule has 154 valence electrons. The molecule has 0 amide bonds. The monoisotopic (exact) mass is 404 g/mol. The Morgan fingerprint density at radius 1 is 0.967 bits per heavy atom. The van der Waals surface area contributed by atoms with Crippen LogP contribution in [0.4, 0.5) is 4.39 Å². The first-order chi connectivity index (χ1) is 14.6. The van der Waals surface area contributed by atoms with E-state index in [-0.39, 0.29) is 17.3 Å². The van der Waals surface area contributed by atoms with Gasteiger partial charge in [-0.2, -0.15) is 5.21 Å². The number of aliphatic hydroxyl groups excluding tert-OH is 1. The van der Waals surface area contributed by atoms with Gasteiger partial charge in [0, 0.05) is 11.8 Å². The number of hydrogen-bond acceptors (Lipinski definition) is 4. The van der Waals surface area contributed by atoms with Crippen LogP contribution in [0.1, 0.15) is 37.1 Å². The lowest BCUT2D eigenvalue weighted by atomic mass is 9.42. The van der Waals surface area contributed by atoms with E-state index in [1.165, 1.54) is 11.6 Å². The van der Waals surface area contributed by atoms with E-state index in [0.29, 0.717) is 23.7 Å². The summed E-state index contributed by atoms with van der Waals surface area (Å²) in [6, 6.07) is 15.4. The third-order valence-electron chi connectivity index (χ3n) is 8.19. The van der Waals surface area contributed by atoms with Crippen LogP contribution in [-0.2, 0) is 11.8 Å². The van der Waals surface area contributed by atoms with Crippen LogP contribution in [0.3, 0.4) is 0 Å². The number of aromatic nitrogens is 4. The van der Waals surface area contributed by atoms with Gasteiger partial charge in [-0.05, 0) is 78.2 Å². The van der Waals surface area contributed by atoms with Crippen molar-refractivity contribution >= 4 is 0 Å². The molecule has 0 radical (unpaired) electrons. The van der Waals surface area contributed by atoms with Gasteiger partial charge >= 0.3 is 0 Å². The summed E-state index contributed by atoms with van der Waals surface area (Å²) >= 11 is 0. The normalized spacial score (nSPS) is 34.4. The Labute approximate surface area is 174 Å². The molecule has 1 heterocycles. The highest BCUT2D eigenvalue weighted by Gasteiger charge is 2.60. The van der Waals surface area contributed by atoms with Crippen molar-refractivity contribution in [2.24, 2.45) is 23.7 Å². The molecule has 30 heavy (non-hydrogen) atoms. The number of tetrazole rings is 1. The molecule has 7 rings (SSSR count). The Morgan fingerprint density at radius 3 is 2.27 bits per heavy atom. The predicted molar refractivity (Wildman–Crippen MR) is 110 cm³/mol. The van der Waals surface area contributed by atoms with Gasteiger partial charge in [0.25, 0.3) is 0 Å². The summed E-state index contributed by atoms with van der Waals surface area (Å²) in [4.78, 5) is 0. The SMILES string of the molecule is OC1C2CC3CC1CC(C2)C3(Cc1nn[nH]n1)c1ccc(-c2cccc(F)c2)cc1. The van der Waals surface area contributed by atoms with Gasteiger partial charge in [-0.3, -0.25) is 0 Å². The van der Waals surface area contributed by atoms with Crippen molar-refractivity contribution in [1.82, 2.24) is 20.6 Å². The average molecular weight is 404 g/mol. The highest BCUT2D eigenvalue weighted by atomic mass is 19.1. The lowest BCUT2D eigenvalue weighted by Crippen LogP contribution is -2.61. The van der Waals surface area contributed by atoms with Gasteiger partial charge in [0.05, 0.1) is 6.10 Å². The second-order valence-electron chi connectivity index (χ2n) is 9.48. The number of H-pyrrole nitrogens is 1. The van der Waals surface area contributed by atoms with Crippen LogP contribution in [0.5, 0.6) is 0 Å². The summed E-state index contributed by atoms with van der Waals surface area (Å²) in [5.41, 5.74) is 3.20. The Hall–Kier alpha value is -2.60. The summed E-state index contributed by atoms with van der Waals surface area (Å²) < 4.78 is 13.7. The van der Waals surface area contributed by atoms with Crippen LogP contribution in [-0.4, -0.2) is 31.8 Å². The molecule has 0 atom stereocenters. The van der Waals surface area contributed by atoms with E-state index in [1.54, 1.807) is 12.1 Å². The molecule has 2 N–H and O–H groups in total. The maximum absolute atomic E-state index is 13.7. The van der Waals surface area contributed by atoms with Crippen LogP contribution in [0.15, 0.2) is 48.5 Å². The fraction of sp³-hybridized carbons (Fsp3) is 0.458. The Bertz CT molecular complexity index is 1020. The number of nitrogens with zero attached hydrogens (tertiary/aromatic N) is 3. The van der Waals surface area contributed by atoms with E-state index in [0.717, 1.165) is 49.1 Å². The van der Waals surface area contributed by atoms with E-state index in [2.05, 4.69) is 44.9 Å². The number of aromatic amines is 1. The molecule has 6 heteroatoms. The first-order valence-corrected chi connectivity index (χ1v) is 10.9. The lowest BCUT2D eigenvalue weighted by Gasteiger charge is -2.63. The van der Waals surface area contributed by atoms with Crippen molar-refractivity contribution in [2.45, 2.75) is 43.6 Å². The van der Waals surface area contributed by atoms with Crippen LogP contribution < -0.4 is 0 Å². The molecule has 4 aliphatic rings. The van der Waals surface area contributed by atoms with Crippen molar-refractivity contribution in [2.75, 3.05) is 0 Å². The molecule has 0 aliphatic heterocycles. The van der Waals surface area contributed by atoms with Gasteiger partial charge in [0.15, 0.2) is 5.82 Å². The highest BCUT2D eigenvalue weighted by molar-refractivity contribution is 5.64. The van der Waals surface area contributed by atoms with Gasteiger partial charge in [0.1, 0.15) is 5.82 Å². The standard InChI is InChI=1S/C24H25FN4O/c25-21-3-1-2-15(12-21)14-4-6-18(7-5-14)24(13-22-26-28-29-27-22)19-8-16-9-20(24)11-17(10-19)23(16)30/h1-7,12,16-17,19-20,23,30H,8-11,13H2,(H,26,27,28,29). The van der Waals surface area contributed by atoms with Gasteiger partial charge in [0.2, 0.25) is 0 Å². The third kappa shape index (κ3) is 2.66. The van der Waals surface area contributed by atoms with E-state index in [9.17, 15) is 9.50 Å². The topological polar surface area (TPSA) is 74.7 Å². The number of benzene rings is 2. The minimum Gasteiger partial charge on any atom is -0.393 e. The smallest absolute Gasteiger partial charge is 0.175 e. The van der Waals surface area contributed by atoms with Crippen LogP contribution in [0.25, 0.3) is 11.1 Å². The second-order valence-corrected chi connectivity index (χ2v) is 9.48. The minimum absolute atomic E-state index is 0.0303. The summed E-state index contributed by atoms with van der Waals surface area (Å²) in [6.07, 6.45) is 4.91.